The van der Waals surface area contributed by atoms with Gasteiger partial charge in [0.15, 0.2) is 11.6 Å². The van der Waals surface area contributed by atoms with Gasteiger partial charge in [-0.05, 0) is 55.5 Å². The Bertz CT molecular complexity index is 2090. The highest BCUT2D eigenvalue weighted by atomic mass is 16.2. The van der Waals surface area contributed by atoms with Crippen molar-refractivity contribution in [2.45, 2.75) is 33.7 Å². The summed E-state index contributed by atoms with van der Waals surface area (Å²) in [6.45, 7) is 11.6. The van der Waals surface area contributed by atoms with Crippen LogP contribution in [0.1, 0.15) is 59.7 Å². The minimum Gasteiger partial charge on any atom is -0.381 e. The number of nitrogens with two attached hydrogens (primary N) is 1. The Morgan fingerprint density at radius 2 is 1.76 bits per heavy atom. The molecule has 1 unspecified atom stereocenters. The predicted octanol–water partition coefficient (Wildman–Crippen LogP) is 5.15. The summed E-state index contributed by atoms with van der Waals surface area (Å²) in [5, 5.41) is 12.7. The third-order valence-corrected chi connectivity index (χ3v) is 7.75. The normalized spacial score (nSPS) is 12.2. The van der Waals surface area contributed by atoms with Gasteiger partial charge in [0.25, 0.3) is 11.5 Å². The number of aryl methyl sites for hydroxylation is 2. The Balaban J connectivity index is 1.63. The number of para-hydroxylation sites is 1. The number of allylic oxidation sites excluding steroid dienone is 1. The Morgan fingerprint density at radius 3 is 2.40 bits per heavy atom. The van der Waals surface area contributed by atoms with E-state index >= 15 is 0 Å². The number of pyridine rings is 1. The number of nitrogens with one attached hydrogen (secondary N) is 1. The van der Waals surface area contributed by atoms with Gasteiger partial charge in [-0.3, -0.25) is 18.8 Å². The van der Waals surface area contributed by atoms with Crippen LogP contribution in [0.4, 0.5) is 11.6 Å². The SMILES string of the molecule is C=C/C(=N\c1c(C(=O)NC(C)c2cc3cccc(C#Cc4cnn(C)c4C)c3c(=O)n2-c2ccccc2)c(N)nn1C)C(C)C. The van der Waals surface area contributed by atoms with Crippen LogP contribution in [-0.2, 0) is 14.1 Å². The average molecular weight is 601 g/mol. The van der Waals surface area contributed by atoms with Crippen molar-refractivity contribution in [2.75, 3.05) is 5.73 Å². The summed E-state index contributed by atoms with van der Waals surface area (Å²) in [6.07, 6.45) is 3.37. The minimum absolute atomic E-state index is 0.0548. The summed E-state index contributed by atoms with van der Waals surface area (Å²) in [7, 11) is 3.54. The van der Waals surface area contributed by atoms with E-state index in [1.807, 2.05) is 89.3 Å². The number of nitrogens with zero attached hydrogens (tertiary/aromatic N) is 6. The number of nitrogen functional groups attached to an aromatic ring is 1. The molecule has 1 amide bonds. The van der Waals surface area contributed by atoms with Crippen molar-refractivity contribution in [1.29, 1.82) is 0 Å². The van der Waals surface area contributed by atoms with Crippen LogP contribution < -0.4 is 16.6 Å². The number of benzene rings is 2. The first-order valence-electron chi connectivity index (χ1n) is 14.6. The molecule has 0 aliphatic heterocycles. The minimum atomic E-state index is -0.608. The van der Waals surface area contributed by atoms with Crippen molar-refractivity contribution in [3.63, 3.8) is 0 Å². The van der Waals surface area contributed by atoms with Gasteiger partial charge in [-0.2, -0.15) is 10.2 Å². The molecular weight excluding hydrogens is 564 g/mol. The van der Waals surface area contributed by atoms with E-state index in [2.05, 4.69) is 38.9 Å². The van der Waals surface area contributed by atoms with Gasteiger partial charge in [0, 0.05) is 36.8 Å². The van der Waals surface area contributed by atoms with Crippen LogP contribution in [0.25, 0.3) is 16.5 Å². The van der Waals surface area contributed by atoms with Gasteiger partial charge in [-0.1, -0.05) is 62.6 Å². The van der Waals surface area contributed by atoms with Gasteiger partial charge < -0.3 is 11.1 Å². The Hall–Kier alpha value is -5.69. The first-order valence-corrected chi connectivity index (χ1v) is 14.6. The fourth-order valence-electron chi connectivity index (χ4n) is 5.16. The molecule has 10 nitrogen and oxygen atoms in total. The molecule has 3 aromatic heterocycles. The van der Waals surface area contributed by atoms with Gasteiger partial charge in [0.05, 0.1) is 28.9 Å². The van der Waals surface area contributed by atoms with Crippen molar-refractivity contribution < 1.29 is 4.79 Å². The van der Waals surface area contributed by atoms with Crippen LogP contribution in [0.2, 0.25) is 0 Å². The zero-order valence-corrected chi connectivity index (χ0v) is 26.3. The second kappa shape index (κ2) is 12.5. The third kappa shape index (κ3) is 5.93. The maximum atomic E-state index is 14.3. The number of aromatic nitrogens is 5. The second-order valence-corrected chi connectivity index (χ2v) is 11.1. The number of hydrogen-bond acceptors (Lipinski definition) is 6. The van der Waals surface area contributed by atoms with E-state index in [-0.39, 0.29) is 22.9 Å². The molecule has 0 aliphatic rings. The van der Waals surface area contributed by atoms with E-state index in [0.29, 0.717) is 39.2 Å². The van der Waals surface area contributed by atoms with Gasteiger partial charge in [0.2, 0.25) is 0 Å². The maximum Gasteiger partial charge on any atom is 0.264 e. The molecule has 0 fully saturated rings. The lowest BCUT2D eigenvalue weighted by molar-refractivity contribution is 0.0940. The first kappa shape index (κ1) is 30.8. The largest absolute Gasteiger partial charge is 0.381 e. The first-order chi connectivity index (χ1) is 21.5. The van der Waals surface area contributed by atoms with E-state index in [0.717, 1.165) is 11.3 Å². The molecular formula is C35H36N8O2. The molecule has 10 heteroatoms. The summed E-state index contributed by atoms with van der Waals surface area (Å²) in [5.74, 6) is 6.36. The predicted molar refractivity (Wildman–Crippen MR) is 179 cm³/mol. The van der Waals surface area contributed by atoms with Crippen LogP contribution in [-0.4, -0.2) is 35.7 Å². The molecule has 2 aromatic carbocycles. The Labute approximate surface area is 261 Å². The van der Waals surface area contributed by atoms with Crippen molar-refractivity contribution in [3.05, 3.63) is 112 Å². The number of rotatable bonds is 7. The second-order valence-electron chi connectivity index (χ2n) is 11.1. The van der Waals surface area contributed by atoms with Gasteiger partial charge in [-0.15, -0.1) is 0 Å². The van der Waals surface area contributed by atoms with Gasteiger partial charge in [-0.25, -0.2) is 9.67 Å². The summed E-state index contributed by atoms with van der Waals surface area (Å²) < 4.78 is 4.86. The lowest BCUT2D eigenvalue weighted by atomic mass is 10.0. The molecule has 1 atom stereocenters. The molecule has 0 spiro atoms. The fraction of sp³-hybridized carbons (Fsp3) is 0.229. The zero-order valence-electron chi connectivity index (χ0n) is 26.3. The van der Waals surface area contributed by atoms with Gasteiger partial charge in [0.1, 0.15) is 5.56 Å². The molecule has 0 saturated carbocycles. The average Bonchev–Trinajstić information content (AvgIpc) is 3.49. The fourth-order valence-corrected chi connectivity index (χ4v) is 5.16. The van der Waals surface area contributed by atoms with Crippen LogP contribution in [0.15, 0.2) is 83.2 Å². The topological polar surface area (TPSA) is 125 Å². The number of fused-ring (bicyclic) bond motifs is 1. The number of hydrogen-bond donors (Lipinski definition) is 2. The molecule has 3 N–H and O–H groups in total. The van der Waals surface area contributed by atoms with Crippen LogP contribution in [0.3, 0.4) is 0 Å². The van der Waals surface area contributed by atoms with E-state index in [4.69, 9.17) is 5.73 Å². The zero-order chi connectivity index (χ0) is 32.4. The summed E-state index contributed by atoms with van der Waals surface area (Å²) in [4.78, 5) is 32.8. The number of anilines is 1. The lowest BCUT2D eigenvalue weighted by Crippen LogP contribution is -2.32. The molecule has 45 heavy (non-hydrogen) atoms. The highest BCUT2D eigenvalue weighted by molar-refractivity contribution is 6.05. The lowest BCUT2D eigenvalue weighted by Gasteiger charge is -2.21. The van der Waals surface area contributed by atoms with E-state index in [1.165, 1.54) is 4.68 Å². The van der Waals surface area contributed by atoms with Crippen molar-refractivity contribution in [1.82, 2.24) is 29.4 Å². The van der Waals surface area contributed by atoms with Crippen molar-refractivity contribution in [3.8, 4) is 17.5 Å². The summed E-state index contributed by atoms with van der Waals surface area (Å²) >= 11 is 0. The van der Waals surface area contributed by atoms with Gasteiger partial charge >= 0.3 is 0 Å². The van der Waals surface area contributed by atoms with E-state index < -0.39 is 11.9 Å². The smallest absolute Gasteiger partial charge is 0.264 e. The Kier molecular flexibility index (Phi) is 8.55. The molecule has 0 bridgehead atoms. The van der Waals surface area contributed by atoms with E-state index in [1.54, 1.807) is 28.6 Å². The molecule has 5 rings (SSSR count). The van der Waals surface area contributed by atoms with E-state index in [9.17, 15) is 9.59 Å². The molecule has 0 saturated heterocycles. The number of amides is 1. The quantitative estimate of drug-likeness (QED) is 0.197. The number of carbonyl (C=O) groups excluding carboxylic acids is 1. The molecule has 3 heterocycles. The van der Waals surface area contributed by atoms with Crippen LogP contribution in [0.5, 0.6) is 0 Å². The molecule has 228 valence electrons. The molecule has 0 aliphatic carbocycles. The van der Waals surface area contributed by atoms with Crippen LogP contribution >= 0.6 is 0 Å². The summed E-state index contributed by atoms with van der Waals surface area (Å²) in [5.41, 5.74) is 10.4. The van der Waals surface area contributed by atoms with Crippen LogP contribution in [0, 0.1) is 24.7 Å². The third-order valence-electron chi connectivity index (χ3n) is 7.75. The Morgan fingerprint density at radius 1 is 1.04 bits per heavy atom. The molecule has 0 radical (unpaired) electrons. The highest BCUT2D eigenvalue weighted by Gasteiger charge is 2.25. The highest BCUT2D eigenvalue weighted by Crippen LogP contribution is 2.28. The van der Waals surface area contributed by atoms with Crippen molar-refractivity contribution >= 4 is 34.0 Å². The molecule has 5 aromatic rings. The number of carbonyl (C=O) groups is 1. The maximum absolute atomic E-state index is 14.3. The number of aliphatic imine (C=N–C) groups is 1. The summed E-state index contributed by atoms with van der Waals surface area (Å²) in [6, 6.07) is 16.2. The standard InChI is InChI=1S/C35H36N8O2/c1-8-28(21(2)3)39-33-31(32(36)40-42(33)7)34(44)38-22(4)29-19-25-14-12-13-24(17-18-26-20-37-41(6)23(26)5)30(25)35(45)43(29)27-15-10-9-11-16-27/h8-16,19-22H,1H2,2-7H3,(H2,36,40)(H,38,44)/b39-28+. The van der Waals surface area contributed by atoms with Crippen molar-refractivity contribution in [2.24, 2.45) is 25.0 Å². The monoisotopic (exact) mass is 600 g/mol.